The predicted molar refractivity (Wildman–Crippen MR) is 100 cm³/mol. The molecule has 1 fully saturated rings. The number of benzene rings is 3. The summed E-state index contributed by atoms with van der Waals surface area (Å²) in [6, 6.07) is 19.8. The van der Waals surface area contributed by atoms with E-state index in [0.29, 0.717) is 0 Å². The number of hydrogen-bond acceptors (Lipinski definition) is 3. The molecule has 1 saturated heterocycles. The summed E-state index contributed by atoms with van der Waals surface area (Å²) < 4.78 is 5.40. The van der Waals surface area contributed by atoms with E-state index in [1.54, 1.807) is 0 Å². The minimum atomic E-state index is 0.871. The Labute approximate surface area is 143 Å². The van der Waals surface area contributed by atoms with Crippen LogP contribution in [0.5, 0.6) is 0 Å². The van der Waals surface area contributed by atoms with Crippen molar-refractivity contribution in [1.82, 2.24) is 10.2 Å². The van der Waals surface area contributed by atoms with E-state index in [2.05, 4.69) is 64.8 Å². The molecule has 0 spiro atoms. The number of morpholine rings is 1. The van der Waals surface area contributed by atoms with Gasteiger partial charge in [-0.25, -0.2) is 0 Å². The summed E-state index contributed by atoms with van der Waals surface area (Å²) >= 11 is 0. The van der Waals surface area contributed by atoms with E-state index < -0.39 is 0 Å². The van der Waals surface area contributed by atoms with Gasteiger partial charge in [0, 0.05) is 32.7 Å². The summed E-state index contributed by atoms with van der Waals surface area (Å²) in [6.07, 6.45) is 0. The molecule has 0 bridgehead atoms. The summed E-state index contributed by atoms with van der Waals surface area (Å²) in [5.74, 6) is 0. The standard InChI is InChI=1S/C21H24N2O/c1-2-5-18-15-21-19(14-17(18)4-1)6-3-7-20(21)16-22-8-9-23-10-12-24-13-11-23/h1-7,14-15,22H,8-13,16H2. The maximum atomic E-state index is 5.40. The number of nitrogens with one attached hydrogen (secondary N) is 1. The molecule has 0 atom stereocenters. The molecule has 3 aromatic rings. The van der Waals surface area contributed by atoms with Gasteiger partial charge in [0.15, 0.2) is 0 Å². The summed E-state index contributed by atoms with van der Waals surface area (Å²) in [4.78, 5) is 2.47. The molecule has 4 rings (SSSR count). The van der Waals surface area contributed by atoms with Crippen molar-refractivity contribution in [3.8, 4) is 0 Å². The van der Waals surface area contributed by atoms with Crippen LogP contribution in [0.25, 0.3) is 21.5 Å². The molecule has 1 aliphatic heterocycles. The van der Waals surface area contributed by atoms with E-state index >= 15 is 0 Å². The van der Waals surface area contributed by atoms with E-state index in [9.17, 15) is 0 Å². The summed E-state index contributed by atoms with van der Waals surface area (Å²) in [5.41, 5.74) is 1.38. The van der Waals surface area contributed by atoms with Crippen LogP contribution in [0, 0.1) is 0 Å². The molecular formula is C21H24N2O. The summed E-state index contributed by atoms with van der Waals surface area (Å²) in [6.45, 7) is 6.89. The lowest BCUT2D eigenvalue weighted by Gasteiger charge is -2.26. The minimum absolute atomic E-state index is 0.871. The van der Waals surface area contributed by atoms with Gasteiger partial charge < -0.3 is 10.1 Å². The molecule has 1 aliphatic rings. The lowest BCUT2D eigenvalue weighted by atomic mass is 10.00. The average Bonchev–Trinajstić information content (AvgIpc) is 2.64. The van der Waals surface area contributed by atoms with Crippen LogP contribution < -0.4 is 5.32 Å². The smallest absolute Gasteiger partial charge is 0.0594 e. The zero-order valence-electron chi connectivity index (χ0n) is 14.0. The van der Waals surface area contributed by atoms with Gasteiger partial charge in [0.2, 0.25) is 0 Å². The molecule has 0 saturated carbocycles. The normalized spacial score (nSPS) is 16.0. The van der Waals surface area contributed by atoms with Gasteiger partial charge in [0.05, 0.1) is 13.2 Å². The SMILES string of the molecule is c1ccc2cc3c(CNCCN4CCOCC4)cccc3cc2c1. The van der Waals surface area contributed by atoms with E-state index in [0.717, 1.165) is 45.9 Å². The minimum Gasteiger partial charge on any atom is -0.379 e. The van der Waals surface area contributed by atoms with Crippen molar-refractivity contribution in [2.75, 3.05) is 39.4 Å². The first-order valence-corrected chi connectivity index (χ1v) is 8.81. The Morgan fingerprint density at radius 3 is 2.46 bits per heavy atom. The fourth-order valence-electron chi connectivity index (χ4n) is 3.47. The maximum Gasteiger partial charge on any atom is 0.0594 e. The lowest BCUT2D eigenvalue weighted by molar-refractivity contribution is 0.0384. The molecule has 0 radical (unpaired) electrons. The molecule has 1 N–H and O–H groups in total. The Balaban J connectivity index is 1.46. The number of hydrogen-bond donors (Lipinski definition) is 1. The number of nitrogens with zero attached hydrogens (tertiary/aromatic N) is 1. The fraction of sp³-hybridized carbons (Fsp3) is 0.333. The van der Waals surface area contributed by atoms with E-state index in [1.807, 2.05) is 0 Å². The van der Waals surface area contributed by atoms with Crippen LogP contribution in [-0.2, 0) is 11.3 Å². The van der Waals surface area contributed by atoms with Crippen molar-refractivity contribution in [1.29, 1.82) is 0 Å². The average molecular weight is 320 g/mol. The second kappa shape index (κ2) is 7.31. The highest BCUT2D eigenvalue weighted by atomic mass is 16.5. The van der Waals surface area contributed by atoms with Crippen molar-refractivity contribution in [2.24, 2.45) is 0 Å². The third-order valence-electron chi connectivity index (χ3n) is 4.86. The number of rotatable bonds is 5. The van der Waals surface area contributed by atoms with E-state index in [-0.39, 0.29) is 0 Å². The van der Waals surface area contributed by atoms with E-state index in [4.69, 9.17) is 4.74 Å². The highest BCUT2D eigenvalue weighted by Crippen LogP contribution is 2.25. The van der Waals surface area contributed by atoms with Gasteiger partial charge in [-0.1, -0.05) is 42.5 Å². The largest absolute Gasteiger partial charge is 0.379 e. The first-order chi connectivity index (χ1) is 11.9. The predicted octanol–water partition coefficient (Wildman–Crippen LogP) is 3.41. The van der Waals surface area contributed by atoms with Gasteiger partial charge in [-0.2, -0.15) is 0 Å². The third kappa shape index (κ3) is 3.44. The molecule has 1 heterocycles. The monoisotopic (exact) mass is 320 g/mol. The highest BCUT2D eigenvalue weighted by Gasteiger charge is 2.09. The Morgan fingerprint density at radius 1 is 0.875 bits per heavy atom. The topological polar surface area (TPSA) is 24.5 Å². The molecule has 0 unspecified atom stereocenters. The molecule has 124 valence electrons. The first kappa shape index (κ1) is 15.6. The van der Waals surface area contributed by atoms with Crippen molar-refractivity contribution < 1.29 is 4.74 Å². The molecule has 24 heavy (non-hydrogen) atoms. The molecule has 0 aliphatic carbocycles. The maximum absolute atomic E-state index is 5.40. The lowest BCUT2D eigenvalue weighted by Crippen LogP contribution is -2.40. The van der Waals surface area contributed by atoms with Crippen LogP contribution in [0.15, 0.2) is 54.6 Å². The van der Waals surface area contributed by atoms with Crippen LogP contribution >= 0.6 is 0 Å². The van der Waals surface area contributed by atoms with Crippen molar-refractivity contribution in [3.05, 3.63) is 60.2 Å². The van der Waals surface area contributed by atoms with Crippen LogP contribution in [0.2, 0.25) is 0 Å². The molecule has 3 heteroatoms. The van der Waals surface area contributed by atoms with E-state index in [1.165, 1.54) is 27.1 Å². The molecule has 3 aromatic carbocycles. The second-order valence-corrected chi connectivity index (χ2v) is 6.47. The third-order valence-corrected chi connectivity index (χ3v) is 4.86. The van der Waals surface area contributed by atoms with Crippen molar-refractivity contribution in [3.63, 3.8) is 0 Å². The van der Waals surface area contributed by atoms with Gasteiger partial charge in [-0.3, -0.25) is 4.90 Å². The first-order valence-electron chi connectivity index (χ1n) is 8.81. The van der Waals surface area contributed by atoms with Crippen LogP contribution in [0.1, 0.15) is 5.56 Å². The Hall–Kier alpha value is -1.94. The van der Waals surface area contributed by atoms with Gasteiger partial charge in [-0.15, -0.1) is 0 Å². The Kier molecular flexibility index (Phi) is 4.74. The van der Waals surface area contributed by atoms with Crippen molar-refractivity contribution >= 4 is 21.5 Å². The van der Waals surface area contributed by atoms with Gasteiger partial charge in [-0.05, 0) is 39.2 Å². The molecule has 3 nitrogen and oxygen atoms in total. The fourth-order valence-corrected chi connectivity index (χ4v) is 3.47. The molecule has 0 amide bonds. The molecular weight excluding hydrogens is 296 g/mol. The van der Waals surface area contributed by atoms with Crippen LogP contribution in [-0.4, -0.2) is 44.3 Å². The number of fused-ring (bicyclic) bond motifs is 2. The Bertz CT molecular complexity index is 824. The quantitative estimate of drug-likeness (QED) is 0.576. The summed E-state index contributed by atoms with van der Waals surface area (Å²) in [7, 11) is 0. The van der Waals surface area contributed by atoms with Gasteiger partial charge in [0.1, 0.15) is 0 Å². The Morgan fingerprint density at radius 2 is 1.62 bits per heavy atom. The summed E-state index contributed by atoms with van der Waals surface area (Å²) in [5, 5.41) is 8.90. The van der Waals surface area contributed by atoms with Gasteiger partial charge in [0.25, 0.3) is 0 Å². The second-order valence-electron chi connectivity index (χ2n) is 6.47. The van der Waals surface area contributed by atoms with Gasteiger partial charge >= 0.3 is 0 Å². The molecule has 0 aromatic heterocycles. The zero-order valence-corrected chi connectivity index (χ0v) is 14.0. The van der Waals surface area contributed by atoms with Crippen LogP contribution in [0.4, 0.5) is 0 Å². The van der Waals surface area contributed by atoms with Crippen LogP contribution in [0.3, 0.4) is 0 Å². The van der Waals surface area contributed by atoms with Crippen molar-refractivity contribution in [2.45, 2.75) is 6.54 Å². The highest BCUT2D eigenvalue weighted by molar-refractivity contribution is 5.99. The zero-order chi connectivity index (χ0) is 16.2. The number of ether oxygens (including phenoxy) is 1.